The summed E-state index contributed by atoms with van der Waals surface area (Å²) < 4.78 is 2.28. The Morgan fingerprint density at radius 1 is 1.47 bits per heavy atom. The molecule has 0 aliphatic heterocycles. The molecule has 100 valence electrons. The van der Waals surface area contributed by atoms with Crippen LogP contribution in [0.15, 0.2) is 22.8 Å². The highest BCUT2D eigenvalue weighted by molar-refractivity contribution is 14.1. The van der Waals surface area contributed by atoms with Crippen LogP contribution < -0.4 is 5.32 Å². The van der Waals surface area contributed by atoms with Crippen molar-refractivity contribution in [2.45, 2.75) is 32.2 Å². The summed E-state index contributed by atoms with van der Waals surface area (Å²) in [5, 5.41) is 3.67. The van der Waals surface area contributed by atoms with Crippen molar-refractivity contribution in [3.8, 4) is 0 Å². The molecule has 2 aromatic heterocycles. The minimum atomic E-state index is 0.435. The SMILES string of the molecule is Cc1nc(Br)ccc1NC1CCCc2sc(I)cc21. The zero-order chi connectivity index (χ0) is 13.4. The summed E-state index contributed by atoms with van der Waals surface area (Å²) in [6.45, 7) is 2.05. The second kappa shape index (κ2) is 5.69. The molecule has 0 saturated carbocycles. The van der Waals surface area contributed by atoms with Gasteiger partial charge in [0.25, 0.3) is 0 Å². The molecule has 1 unspecified atom stereocenters. The topological polar surface area (TPSA) is 24.9 Å². The maximum Gasteiger partial charge on any atom is 0.106 e. The van der Waals surface area contributed by atoms with Crippen molar-refractivity contribution in [3.63, 3.8) is 0 Å². The summed E-state index contributed by atoms with van der Waals surface area (Å²) in [4.78, 5) is 6.01. The first-order chi connectivity index (χ1) is 9.13. The van der Waals surface area contributed by atoms with E-state index in [4.69, 9.17) is 0 Å². The Kier molecular flexibility index (Phi) is 4.14. The lowest BCUT2D eigenvalue weighted by molar-refractivity contribution is 0.608. The van der Waals surface area contributed by atoms with Crippen molar-refractivity contribution in [1.82, 2.24) is 4.98 Å². The van der Waals surface area contributed by atoms with E-state index < -0.39 is 0 Å². The molecule has 0 bridgehead atoms. The van der Waals surface area contributed by atoms with Crippen LogP contribution in [0.25, 0.3) is 0 Å². The molecule has 1 aliphatic rings. The normalized spacial score (nSPS) is 18.2. The molecule has 0 fully saturated rings. The lowest BCUT2D eigenvalue weighted by Gasteiger charge is -2.25. The van der Waals surface area contributed by atoms with Crippen molar-refractivity contribution in [2.24, 2.45) is 0 Å². The van der Waals surface area contributed by atoms with Crippen LogP contribution in [-0.4, -0.2) is 4.98 Å². The Balaban J connectivity index is 1.88. The minimum Gasteiger partial charge on any atom is -0.377 e. The molecule has 19 heavy (non-hydrogen) atoms. The monoisotopic (exact) mass is 448 g/mol. The number of halogens is 2. The summed E-state index contributed by atoms with van der Waals surface area (Å²) in [5.41, 5.74) is 3.68. The molecule has 0 spiro atoms. The molecule has 1 N–H and O–H groups in total. The standard InChI is InChI=1S/C14H14BrIN2S/c1-8-10(5-6-13(15)17-8)18-11-3-2-4-12-9(11)7-14(16)19-12/h5-7,11,18H,2-4H2,1H3. The molecule has 0 aromatic carbocycles. The van der Waals surface area contributed by atoms with Gasteiger partial charge in [-0.3, -0.25) is 0 Å². The zero-order valence-electron chi connectivity index (χ0n) is 10.5. The molecule has 5 heteroatoms. The number of aromatic nitrogens is 1. The highest BCUT2D eigenvalue weighted by Gasteiger charge is 2.23. The maximum absolute atomic E-state index is 4.46. The Labute approximate surface area is 139 Å². The van der Waals surface area contributed by atoms with Gasteiger partial charge in [-0.15, -0.1) is 11.3 Å². The average molecular weight is 449 g/mol. The predicted octanol–water partition coefficient (Wildman–Crippen LogP) is 5.31. The highest BCUT2D eigenvalue weighted by Crippen LogP contribution is 2.38. The third-order valence-corrected chi connectivity index (χ3v) is 5.88. The van der Waals surface area contributed by atoms with Gasteiger partial charge in [0.2, 0.25) is 0 Å². The van der Waals surface area contributed by atoms with Crippen molar-refractivity contribution >= 4 is 55.5 Å². The van der Waals surface area contributed by atoms with Crippen molar-refractivity contribution in [1.29, 1.82) is 0 Å². The van der Waals surface area contributed by atoms with Gasteiger partial charge in [-0.05, 0) is 88.5 Å². The maximum atomic E-state index is 4.46. The lowest BCUT2D eigenvalue weighted by atomic mass is 9.94. The van der Waals surface area contributed by atoms with E-state index in [1.807, 2.05) is 24.3 Å². The molecule has 2 aromatic rings. The quantitative estimate of drug-likeness (QED) is 0.497. The van der Waals surface area contributed by atoms with Gasteiger partial charge >= 0.3 is 0 Å². The number of fused-ring (bicyclic) bond motifs is 1. The van der Waals surface area contributed by atoms with Crippen molar-refractivity contribution in [3.05, 3.63) is 41.8 Å². The van der Waals surface area contributed by atoms with Crippen LogP contribution in [-0.2, 0) is 6.42 Å². The first-order valence-electron chi connectivity index (χ1n) is 6.31. The summed E-state index contributed by atoms with van der Waals surface area (Å²) in [6, 6.07) is 6.87. The number of anilines is 1. The van der Waals surface area contributed by atoms with Crippen molar-refractivity contribution < 1.29 is 0 Å². The number of hydrogen-bond acceptors (Lipinski definition) is 3. The van der Waals surface area contributed by atoms with E-state index in [0.717, 1.165) is 16.0 Å². The van der Waals surface area contributed by atoms with Crippen LogP contribution in [0.2, 0.25) is 0 Å². The summed E-state index contributed by atoms with van der Waals surface area (Å²) in [5.74, 6) is 0. The Morgan fingerprint density at radius 2 is 2.32 bits per heavy atom. The van der Waals surface area contributed by atoms with Gasteiger partial charge < -0.3 is 5.32 Å². The van der Waals surface area contributed by atoms with Crippen LogP contribution in [0, 0.1) is 9.81 Å². The average Bonchev–Trinajstić information content (AvgIpc) is 2.74. The number of aryl methyl sites for hydroxylation is 2. The smallest absolute Gasteiger partial charge is 0.106 e. The largest absolute Gasteiger partial charge is 0.377 e. The first kappa shape index (κ1) is 13.8. The molecule has 1 aliphatic carbocycles. The third-order valence-electron chi connectivity index (χ3n) is 3.47. The Morgan fingerprint density at radius 3 is 3.11 bits per heavy atom. The third kappa shape index (κ3) is 2.97. The molecular weight excluding hydrogens is 435 g/mol. The minimum absolute atomic E-state index is 0.435. The zero-order valence-corrected chi connectivity index (χ0v) is 15.1. The van der Waals surface area contributed by atoms with E-state index in [-0.39, 0.29) is 0 Å². The first-order valence-corrected chi connectivity index (χ1v) is 9.00. The van der Waals surface area contributed by atoms with Gasteiger partial charge in [-0.2, -0.15) is 0 Å². The highest BCUT2D eigenvalue weighted by atomic mass is 127. The fourth-order valence-corrected chi connectivity index (χ4v) is 5.06. The van der Waals surface area contributed by atoms with Gasteiger partial charge in [0, 0.05) is 4.88 Å². The van der Waals surface area contributed by atoms with E-state index in [1.165, 1.54) is 27.7 Å². The summed E-state index contributed by atoms with van der Waals surface area (Å²) in [7, 11) is 0. The second-order valence-electron chi connectivity index (χ2n) is 4.79. The van der Waals surface area contributed by atoms with Gasteiger partial charge in [0.05, 0.1) is 20.3 Å². The predicted molar refractivity (Wildman–Crippen MR) is 93.0 cm³/mol. The molecule has 1 atom stereocenters. The molecule has 0 radical (unpaired) electrons. The van der Waals surface area contributed by atoms with Gasteiger partial charge in [0.15, 0.2) is 0 Å². The molecule has 2 nitrogen and oxygen atoms in total. The Bertz CT molecular complexity index is 611. The molecule has 0 saturated heterocycles. The van der Waals surface area contributed by atoms with Crippen molar-refractivity contribution in [2.75, 3.05) is 5.32 Å². The van der Waals surface area contributed by atoms with Crippen LogP contribution in [0.3, 0.4) is 0 Å². The van der Waals surface area contributed by atoms with E-state index in [9.17, 15) is 0 Å². The van der Waals surface area contributed by atoms with Crippen LogP contribution in [0.4, 0.5) is 5.69 Å². The fourth-order valence-electron chi connectivity index (χ4n) is 2.54. The summed E-state index contributed by atoms with van der Waals surface area (Å²) in [6.07, 6.45) is 3.71. The van der Waals surface area contributed by atoms with Gasteiger partial charge in [0.1, 0.15) is 4.60 Å². The van der Waals surface area contributed by atoms with E-state index in [2.05, 4.69) is 61.0 Å². The summed E-state index contributed by atoms with van der Waals surface area (Å²) >= 11 is 7.77. The molecular formula is C14H14BrIN2S. The molecule has 0 amide bonds. The van der Waals surface area contributed by atoms with E-state index in [1.54, 1.807) is 4.88 Å². The number of nitrogens with one attached hydrogen (secondary N) is 1. The van der Waals surface area contributed by atoms with E-state index >= 15 is 0 Å². The van der Waals surface area contributed by atoms with Crippen LogP contribution in [0.5, 0.6) is 0 Å². The molecule has 3 rings (SSSR count). The van der Waals surface area contributed by atoms with E-state index in [0.29, 0.717) is 6.04 Å². The second-order valence-corrected chi connectivity index (χ2v) is 8.63. The number of nitrogens with zero attached hydrogens (tertiary/aromatic N) is 1. The number of thiophene rings is 1. The fraction of sp³-hybridized carbons (Fsp3) is 0.357. The van der Waals surface area contributed by atoms with Crippen LogP contribution in [0.1, 0.15) is 35.0 Å². The lowest BCUT2D eigenvalue weighted by Crippen LogP contribution is -2.16. The number of pyridine rings is 1. The Hall–Kier alpha value is -0.140. The van der Waals surface area contributed by atoms with Crippen LogP contribution >= 0.6 is 49.9 Å². The number of hydrogen-bond donors (Lipinski definition) is 1. The van der Waals surface area contributed by atoms with Gasteiger partial charge in [-0.1, -0.05) is 0 Å². The number of rotatable bonds is 2. The van der Waals surface area contributed by atoms with Gasteiger partial charge in [-0.25, -0.2) is 4.98 Å². The molecule has 2 heterocycles.